The summed E-state index contributed by atoms with van der Waals surface area (Å²) in [6, 6.07) is 11.7. The van der Waals surface area contributed by atoms with Gasteiger partial charge in [0.1, 0.15) is 12.0 Å². The van der Waals surface area contributed by atoms with Gasteiger partial charge in [-0.2, -0.15) is 0 Å². The fourth-order valence-electron chi connectivity index (χ4n) is 2.47. The molecule has 0 bridgehead atoms. The maximum absolute atomic E-state index is 6.27. The topological polar surface area (TPSA) is 75.9 Å². The van der Waals surface area contributed by atoms with Crippen molar-refractivity contribution in [3.63, 3.8) is 0 Å². The standard InChI is InChI=1S/C19H20ClN5/c1-11-5-4-6-15(13(11)3)24-18-17(21)19(23-10-22-18)25-16-9-14(20)8-7-12(16)2/h4-10H,21H2,1-3H3,(H2,22,23,24,25). The number of nitrogens with one attached hydrogen (secondary N) is 2. The first-order chi connectivity index (χ1) is 12.0. The fourth-order valence-corrected chi connectivity index (χ4v) is 2.64. The largest absolute Gasteiger partial charge is 0.393 e. The summed E-state index contributed by atoms with van der Waals surface area (Å²) in [6.45, 7) is 6.12. The van der Waals surface area contributed by atoms with Crippen LogP contribution in [-0.2, 0) is 0 Å². The molecule has 0 fully saturated rings. The molecule has 0 spiro atoms. The highest BCUT2D eigenvalue weighted by atomic mass is 35.5. The Labute approximate surface area is 152 Å². The summed E-state index contributed by atoms with van der Waals surface area (Å²) in [5, 5.41) is 7.17. The molecule has 3 rings (SSSR count). The second kappa shape index (κ2) is 6.99. The summed E-state index contributed by atoms with van der Waals surface area (Å²) in [5.41, 5.74) is 11.9. The van der Waals surface area contributed by atoms with Gasteiger partial charge in [-0.1, -0.05) is 29.8 Å². The van der Waals surface area contributed by atoms with E-state index in [2.05, 4.69) is 40.5 Å². The molecule has 2 aromatic carbocycles. The Hall–Kier alpha value is -2.79. The van der Waals surface area contributed by atoms with E-state index in [-0.39, 0.29) is 0 Å². The first-order valence-corrected chi connectivity index (χ1v) is 8.30. The first kappa shape index (κ1) is 17.0. The zero-order valence-electron chi connectivity index (χ0n) is 14.4. The first-order valence-electron chi connectivity index (χ1n) is 7.92. The van der Waals surface area contributed by atoms with Gasteiger partial charge in [0.05, 0.1) is 0 Å². The van der Waals surface area contributed by atoms with E-state index in [4.69, 9.17) is 17.3 Å². The van der Waals surface area contributed by atoms with Gasteiger partial charge in [-0.15, -0.1) is 0 Å². The Morgan fingerprint density at radius 2 is 1.56 bits per heavy atom. The van der Waals surface area contributed by atoms with Gasteiger partial charge in [-0.25, -0.2) is 9.97 Å². The van der Waals surface area contributed by atoms with Gasteiger partial charge in [-0.05, 0) is 55.7 Å². The number of aromatic nitrogens is 2. The van der Waals surface area contributed by atoms with Gasteiger partial charge in [0.25, 0.3) is 0 Å². The minimum Gasteiger partial charge on any atom is -0.393 e. The average Bonchev–Trinajstić information content (AvgIpc) is 2.58. The van der Waals surface area contributed by atoms with Crippen LogP contribution in [0.15, 0.2) is 42.7 Å². The lowest BCUT2D eigenvalue weighted by molar-refractivity contribution is 1.17. The third kappa shape index (κ3) is 3.67. The van der Waals surface area contributed by atoms with Crippen molar-refractivity contribution in [3.8, 4) is 0 Å². The van der Waals surface area contributed by atoms with Crippen LogP contribution in [0.5, 0.6) is 0 Å². The van der Waals surface area contributed by atoms with Gasteiger partial charge < -0.3 is 16.4 Å². The summed E-state index contributed by atoms with van der Waals surface area (Å²) < 4.78 is 0. The van der Waals surface area contributed by atoms with E-state index in [0.717, 1.165) is 22.5 Å². The van der Waals surface area contributed by atoms with Crippen LogP contribution < -0.4 is 16.4 Å². The molecule has 0 amide bonds. The molecule has 1 aromatic heterocycles. The van der Waals surface area contributed by atoms with Crippen LogP contribution in [0.3, 0.4) is 0 Å². The monoisotopic (exact) mass is 353 g/mol. The number of anilines is 5. The van der Waals surface area contributed by atoms with Crippen LogP contribution in [-0.4, -0.2) is 9.97 Å². The molecule has 0 aliphatic heterocycles. The van der Waals surface area contributed by atoms with Crippen molar-refractivity contribution in [1.82, 2.24) is 9.97 Å². The number of nitrogens with two attached hydrogens (primary N) is 1. The molecular weight excluding hydrogens is 334 g/mol. The second-order valence-electron chi connectivity index (χ2n) is 5.94. The Morgan fingerprint density at radius 1 is 0.880 bits per heavy atom. The second-order valence-corrected chi connectivity index (χ2v) is 6.38. The molecule has 6 heteroatoms. The molecule has 0 aliphatic rings. The summed E-state index contributed by atoms with van der Waals surface area (Å²) >= 11 is 6.08. The van der Waals surface area contributed by atoms with Crippen molar-refractivity contribution >= 4 is 40.3 Å². The van der Waals surface area contributed by atoms with Crippen molar-refractivity contribution in [2.45, 2.75) is 20.8 Å². The molecule has 5 nitrogen and oxygen atoms in total. The molecule has 0 atom stereocenters. The fraction of sp³-hybridized carbons (Fsp3) is 0.158. The minimum absolute atomic E-state index is 0.447. The van der Waals surface area contributed by atoms with E-state index in [0.29, 0.717) is 22.3 Å². The van der Waals surface area contributed by atoms with Crippen LogP contribution in [0.1, 0.15) is 16.7 Å². The zero-order valence-corrected chi connectivity index (χ0v) is 15.1. The third-order valence-corrected chi connectivity index (χ3v) is 4.43. The van der Waals surface area contributed by atoms with E-state index in [1.165, 1.54) is 11.9 Å². The zero-order chi connectivity index (χ0) is 18.0. The van der Waals surface area contributed by atoms with Crippen LogP contribution >= 0.6 is 11.6 Å². The lowest BCUT2D eigenvalue weighted by Gasteiger charge is -2.15. The molecule has 0 saturated heterocycles. The predicted molar refractivity (Wildman–Crippen MR) is 105 cm³/mol. The number of aryl methyl sites for hydroxylation is 2. The van der Waals surface area contributed by atoms with Crippen molar-refractivity contribution in [3.05, 3.63) is 64.4 Å². The van der Waals surface area contributed by atoms with E-state index in [1.54, 1.807) is 0 Å². The maximum atomic E-state index is 6.27. The SMILES string of the molecule is Cc1ccc(Cl)cc1Nc1ncnc(Nc2cccc(C)c2C)c1N. The highest BCUT2D eigenvalue weighted by Gasteiger charge is 2.11. The Bertz CT molecular complexity index is 901. The third-order valence-electron chi connectivity index (χ3n) is 4.19. The molecule has 4 N–H and O–H groups in total. The Kier molecular flexibility index (Phi) is 4.76. The van der Waals surface area contributed by atoms with Crippen LogP contribution in [0.4, 0.5) is 28.7 Å². The van der Waals surface area contributed by atoms with Gasteiger partial charge in [0.15, 0.2) is 11.6 Å². The molecule has 0 aliphatic carbocycles. The molecule has 0 unspecified atom stereocenters. The quantitative estimate of drug-likeness (QED) is 0.606. The van der Waals surface area contributed by atoms with Gasteiger partial charge in [0, 0.05) is 16.4 Å². The predicted octanol–water partition coefficient (Wildman–Crippen LogP) is 5.12. The Morgan fingerprint density at radius 3 is 2.28 bits per heavy atom. The number of hydrogen-bond donors (Lipinski definition) is 3. The lowest BCUT2D eigenvalue weighted by atomic mass is 10.1. The highest BCUT2D eigenvalue weighted by Crippen LogP contribution is 2.31. The van der Waals surface area contributed by atoms with Crippen LogP contribution in [0, 0.1) is 20.8 Å². The summed E-state index contributed by atoms with van der Waals surface area (Å²) in [7, 11) is 0. The van der Waals surface area contributed by atoms with Gasteiger partial charge >= 0.3 is 0 Å². The normalized spacial score (nSPS) is 10.6. The van der Waals surface area contributed by atoms with Crippen molar-refractivity contribution in [1.29, 1.82) is 0 Å². The lowest BCUT2D eigenvalue weighted by Crippen LogP contribution is -2.06. The van der Waals surface area contributed by atoms with Crippen LogP contribution in [0.2, 0.25) is 5.02 Å². The summed E-state index contributed by atoms with van der Waals surface area (Å²) in [6.07, 6.45) is 1.48. The summed E-state index contributed by atoms with van der Waals surface area (Å²) in [4.78, 5) is 8.53. The van der Waals surface area contributed by atoms with Crippen molar-refractivity contribution < 1.29 is 0 Å². The molecule has 1 heterocycles. The number of benzene rings is 2. The number of rotatable bonds is 4. The number of halogens is 1. The Balaban J connectivity index is 1.92. The van der Waals surface area contributed by atoms with Crippen molar-refractivity contribution in [2.24, 2.45) is 0 Å². The van der Waals surface area contributed by atoms with Crippen LogP contribution in [0.25, 0.3) is 0 Å². The van der Waals surface area contributed by atoms with Gasteiger partial charge in [-0.3, -0.25) is 0 Å². The van der Waals surface area contributed by atoms with E-state index in [9.17, 15) is 0 Å². The molecule has 0 saturated carbocycles. The molecule has 128 valence electrons. The summed E-state index contributed by atoms with van der Waals surface area (Å²) in [5.74, 6) is 1.10. The number of nitrogen functional groups attached to an aromatic ring is 1. The smallest absolute Gasteiger partial charge is 0.159 e. The van der Waals surface area contributed by atoms with E-state index in [1.807, 2.05) is 37.3 Å². The maximum Gasteiger partial charge on any atom is 0.159 e. The molecular formula is C19H20ClN5. The molecule has 25 heavy (non-hydrogen) atoms. The molecule has 3 aromatic rings. The highest BCUT2D eigenvalue weighted by molar-refractivity contribution is 6.30. The minimum atomic E-state index is 0.447. The molecule has 0 radical (unpaired) electrons. The van der Waals surface area contributed by atoms with Gasteiger partial charge in [0.2, 0.25) is 0 Å². The average molecular weight is 354 g/mol. The van der Waals surface area contributed by atoms with E-state index < -0.39 is 0 Å². The van der Waals surface area contributed by atoms with Crippen molar-refractivity contribution in [2.75, 3.05) is 16.4 Å². The number of nitrogens with zero attached hydrogens (tertiary/aromatic N) is 2. The number of hydrogen-bond acceptors (Lipinski definition) is 5. The van der Waals surface area contributed by atoms with E-state index >= 15 is 0 Å².